The molecule has 0 bridgehead atoms. The Balaban J connectivity index is 3.72. The Labute approximate surface area is 119 Å². The SMILES string of the molecule is CC(C)CCCCC[Si](C)(C)O[Si](C)O[SiH](C)C. The van der Waals surface area contributed by atoms with Gasteiger partial charge in [-0.2, -0.15) is 0 Å². The van der Waals surface area contributed by atoms with E-state index in [-0.39, 0.29) is 0 Å². The predicted molar refractivity (Wildman–Crippen MR) is 88.3 cm³/mol. The lowest BCUT2D eigenvalue weighted by Gasteiger charge is -2.27. The largest absolute Gasteiger partial charge is 0.439 e. The molecule has 0 atom stereocenters. The molecule has 0 aromatic carbocycles. The first-order valence-corrected chi connectivity index (χ1v) is 15.1. The van der Waals surface area contributed by atoms with Crippen molar-refractivity contribution < 1.29 is 8.23 Å². The summed E-state index contributed by atoms with van der Waals surface area (Å²) in [5, 5.41) is 0. The predicted octanol–water partition coefficient (Wildman–Crippen LogP) is 4.54. The highest BCUT2D eigenvalue weighted by atomic mass is 28.4. The van der Waals surface area contributed by atoms with Crippen LogP contribution in [0.5, 0.6) is 0 Å². The fourth-order valence-electron chi connectivity index (χ4n) is 2.08. The molecule has 0 aromatic rings. The summed E-state index contributed by atoms with van der Waals surface area (Å²) in [6, 6.07) is 1.29. The van der Waals surface area contributed by atoms with Gasteiger partial charge in [-0.1, -0.05) is 39.5 Å². The molecule has 0 rings (SSSR count). The van der Waals surface area contributed by atoms with E-state index in [2.05, 4.69) is 46.6 Å². The summed E-state index contributed by atoms with van der Waals surface area (Å²) in [5.41, 5.74) is 0. The van der Waals surface area contributed by atoms with Crippen LogP contribution in [0.4, 0.5) is 0 Å². The average Bonchev–Trinajstić information content (AvgIpc) is 2.13. The maximum absolute atomic E-state index is 6.23. The van der Waals surface area contributed by atoms with Crippen LogP contribution in [0.1, 0.15) is 39.5 Å². The highest BCUT2D eigenvalue weighted by molar-refractivity contribution is 6.78. The lowest BCUT2D eigenvalue weighted by atomic mass is 10.1. The molecule has 0 saturated carbocycles. The normalized spacial score (nSPS) is 13.0. The van der Waals surface area contributed by atoms with Crippen LogP contribution in [-0.4, -0.2) is 26.6 Å². The highest BCUT2D eigenvalue weighted by Gasteiger charge is 2.26. The first kappa shape index (κ1) is 18.6. The number of rotatable bonds is 10. The Morgan fingerprint density at radius 2 is 1.72 bits per heavy atom. The quantitative estimate of drug-likeness (QED) is 0.436. The molecule has 1 radical (unpaired) electrons. The Morgan fingerprint density at radius 3 is 2.22 bits per heavy atom. The molecule has 0 unspecified atom stereocenters. The van der Waals surface area contributed by atoms with E-state index in [1.807, 2.05) is 0 Å². The molecule has 0 spiro atoms. The molecule has 0 aliphatic carbocycles. The van der Waals surface area contributed by atoms with Crippen LogP contribution < -0.4 is 0 Å². The fraction of sp³-hybridized carbons (Fsp3) is 1.00. The van der Waals surface area contributed by atoms with E-state index in [9.17, 15) is 0 Å². The van der Waals surface area contributed by atoms with Crippen LogP contribution in [0, 0.1) is 5.92 Å². The molecule has 5 heteroatoms. The van der Waals surface area contributed by atoms with Crippen molar-refractivity contribution in [3.63, 3.8) is 0 Å². The second kappa shape index (κ2) is 9.47. The van der Waals surface area contributed by atoms with E-state index in [1.54, 1.807) is 0 Å². The van der Waals surface area contributed by atoms with E-state index in [0.717, 1.165) is 5.92 Å². The summed E-state index contributed by atoms with van der Waals surface area (Å²) >= 11 is 0. The van der Waals surface area contributed by atoms with Gasteiger partial charge in [-0.05, 0) is 44.7 Å². The topological polar surface area (TPSA) is 18.5 Å². The molecule has 0 N–H and O–H groups in total. The van der Waals surface area contributed by atoms with Crippen molar-refractivity contribution in [2.45, 2.75) is 78.3 Å². The van der Waals surface area contributed by atoms with Crippen LogP contribution in [0.3, 0.4) is 0 Å². The molecular weight excluding hydrogens is 272 g/mol. The number of unbranched alkanes of at least 4 members (excludes halogenated alkanes) is 2. The van der Waals surface area contributed by atoms with Gasteiger partial charge in [0.25, 0.3) is 0 Å². The number of hydrogen-bond donors (Lipinski definition) is 0. The minimum absolute atomic E-state index is 0.848. The summed E-state index contributed by atoms with van der Waals surface area (Å²) < 4.78 is 12.1. The molecule has 0 saturated heterocycles. The molecule has 0 amide bonds. The minimum Gasteiger partial charge on any atom is -0.439 e. The maximum Gasteiger partial charge on any atom is 0.359 e. The standard InChI is InChI=1S/C13H33O2Si3/c1-13(2)11-9-8-10-12-18(6,7)15-17(5)14-16(3)4/h13,16H,8-12H2,1-7H3. The molecule has 0 aliphatic heterocycles. The van der Waals surface area contributed by atoms with Crippen LogP contribution in [0.25, 0.3) is 0 Å². The highest BCUT2D eigenvalue weighted by Crippen LogP contribution is 2.19. The minimum atomic E-state index is -1.47. The zero-order valence-electron chi connectivity index (χ0n) is 13.5. The lowest BCUT2D eigenvalue weighted by molar-refractivity contribution is 0.431. The van der Waals surface area contributed by atoms with Crippen LogP contribution in [0.2, 0.25) is 38.8 Å². The van der Waals surface area contributed by atoms with E-state index in [1.165, 1.54) is 31.7 Å². The van der Waals surface area contributed by atoms with Gasteiger partial charge < -0.3 is 8.23 Å². The van der Waals surface area contributed by atoms with Crippen molar-refractivity contribution >= 4 is 26.6 Å². The van der Waals surface area contributed by atoms with E-state index in [4.69, 9.17) is 8.23 Å². The van der Waals surface area contributed by atoms with Crippen molar-refractivity contribution in [1.29, 1.82) is 0 Å². The van der Waals surface area contributed by atoms with E-state index < -0.39 is 26.6 Å². The van der Waals surface area contributed by atoms with Gasteiger partial charge in [0.1, 0.15) is 0 Å². The van der Waals surface area contributed by atoms with Crippen LogP contribution in [-0.2, 0) is 8.23 Å². The summed E-state index contributed by atoms with van der Waals surface area (Å²) in [6.07, 6.45) is 5.44. The van der Waals surface area contributed by atoms with Gasteiger partial charge in [0.15, 0.2) is 17.4 Å². The third kappa shape index (κ3) is 11.6. The van der Waals surface area contributed by atoms with Gasteiger partial charge in [-0.25, -0.2) is 0 Å². The first-order valence-electron chi connectivity index (χ1n) is 7.42. The van der Waals surface area contributed by atoms with E-state index >= 15 is 0 Å². The van der Waals surface area contributed by atoms with E-state index in [0.29, 0.717) is 0 Å². The molecule has 0 fully saturated rings. The van der Waals surface area contributed by atoms with Gasteiger partial charge in [0.2, 0.25) is 0 Å². The van der Waals surface area contributed by atoms with Crippen molar-refractivity contribution in [2.24, 2.45) is 5.92 Å². The Morgan fingerprint density at radius 1 is 1.11 bits per heavy atom. The second-order valence-electron chi connectivity index (χ2n) is 6.51. The molecular formula is C13H33O2Si3. The van der Waals surface area contributed by atoms with Crippen molar-refractivity contribution in [3.8, 4) is 0 Å². The molecule has 0 aromatic heterocycles. The van der Waals surface area contributed by atoms with Crippen LogP contribution >= 0.6 is 0 Å². The fourth-order valence-corrected chi connectivity index (χ4v) is 9.98. The van der Waals surface area contributed by atoms with Crippen molar-refractivity contribution in [2.75, 3.05) is 0 Å². The molecule has 0 aliphatic rings. The summed E-state index contributed by atoms with van der Waals surface area (Å²) in [5.74, 6) is 0.848. The first-order chi connectivity index (χ1) is 8.23. The molecule has 2 nitrogen and oxygen atoms in total. The van der Waals surface area contributed by atoms with Gasteiger partial charge in [-0.15, -0.1) is 0 Å². The average molecular weight is 306 g/mol. The summed E-state index contributed by atoms with van der Waals surface area (Å²) in [6.45, 7) is 15.9. The zero-order valence-corrected chi connectivity index (χ0v) is 16.7. The van der Waals surface area contributed by atoms with Crippen molar-refractivity contribution in [1.82, 2.24) is 0 Å². The van der Waals surface area contributed by atoms with Gasteiger partial charge in [-0.3, -0.25) is 0 Å². The Kier molecular flexibility index (Phi) is 9.77. The zero-order chi connectivity index (χ0) is 14.2. The second-order valence-corrected chi connectivity index (χ2v) is 15.4. The van der Waals surface area contributed by atoms with Gasteiger partial charge in [0.05, 0.1) is 0 Å². The Hall–Kier alpha value is 0.571. The van der Waals surface area contributed by atoms with Gasteiger partial charge in [0, 0.05) is 0 Å². The smallest absolute Gasteiger partial charge is 0.359 e. The summed E-state index contributed by atoms with van der Waals surface area (Å²) in [4.78, 5) is 0. The summed E-state index contributed by atoms with van der Waals surface area (Å²) in [7, 11) is -3.37. The van der Waals surface area contributed by atoms with Gasteiger partial charge >= 0.3 is 9.28 Å². The Bertz CT molecular complexity index is 208. The third-order valence-electron chi connectivity index (χ3n) is 2.88. The maximum atomic E-state index is 6.23. The number of hydrogen-bond acceptors (Lipinski definition) is 2. The molecule has 18 heavy (non-hydrogen) atoms. The lowest BCUT2D eigenvalue weighted by Crippen LogP contribution is -2.39. The molecule has 0 heterocycles. The monoisotopic (exact) mass is 305 g/mol. The van der Waals surface area contributed by atoms with Crippen LogP contribution in [0.15, 0.2) is 0 Å². The third-order valence-corrected chi connectivity index (χ3v) is 11.0. The van der Waals surface area contributed by atoms with Crippen molar-refractivity contribution in [3.05, 3.63) is 0 Å². The molecule has 109 valence electrons.